The Labute approximate surface area is 113 Å². The summed E-state index contributed by atoms with van der Waals surface area (Å²) in [6.45, 7) is 4.44. The molecule has 2 heterocycles. The van der Waals surface area contributed by atoms with Crippen molar-refractivity contribution in [2.24, 2.45) is 0 Å². The van der Waals surface area contributed by atoms with E-state index in [0.29, 0.717) is 0 Å². The molecule has 0 radical (unpaired) electrons. The molecule has 0 spiro atoms. The van der Waals surface area contributed by atoms with E-state index in [4.69, 9.17) is 4.74 Å². The molecule has 1 aliphatic heterocycles. The Morgan fingerprint density at radius 3 is 3.11 bits per heavy atom. The summed E-state index contributed by atoms with van der Waals surface area (Å²) < 4.78 is 5.71. The summed E-state index contributed by atoms with van der Waals surface area (Å²) >= 11 is 0. The van der Waals surface area contributed by atoms with Crippen molar-refractivity contribution in [3.63, 3.8) is 0 Å². The lowest BCUT2D eigenvalue weighted by Gasteiger charge is -2.27. The minimum absolute atomic E-state index is 0.281. The molecule has 0 saturated carbocycles. The van der Waals surface area contributed by atoms with Crippen molar-refractivity contribution in [1.82, 2.24) is 20.2 Å². The van der Waals surface area contributed by atoms with Gasteiger partial charge in [0.05, 0.1) is 30.3 Å². The zero-order valence-electron chi connectivity index (χ0n) is 11.2. The molecule has 1 atom stereocenters. The standard InChI is InChI=1S/C14H20N4O/c1-18(9-11-8-15-6-7-19-11)10-14-16-12-4-2-3-5-13(12)17-14/h2-5,11,15H,6-10H2,1H3,(H,16,17). The van der Waals surface area contributed by atoms with Crippen molar-refractivity contribution < 1.29 is 4.74 Å². The molecule has 1 unspecified atom stereocenters. The summed E-state index contributed by atoms with van der Waals surface area (Å²) in [7, 11) is 2.10. The van der Waals surface area contributed by atoms with E-state index in [1.54, 1.807) is 0 Å². The van der Waals surface area contributed by atoms with E-state index >= 15 is 0 Å². The highest BCUT2D eigenvalue weighted by molar-refractivity contribution is 5.74. The molecule has 0 bridgehead atoms. The first kappa shape index (κ1) is 12.6. The Balaban J connectivity index is 1.60. The topological polar surface area (TPSA) is 53.2 Å². The van der Waals surface area contributed by atoms with Crippen molar-refractivity contribution in [3.05, 3.63) is 30.1 Å². The zero-order valence-corrected chi connectivity index (χ0v) is 11.2. The molecule has 1 aliphatic rings. The number of fused-ring (bicyclic) bond motifs is 1. The van der Waals surface area contributed by atoms with Crippen molar-refractivity contribution >= 4 is 11.0 Å². The zero-order chi connectivity index (χ0) is 13.1. The number of para-hydroxylation sites is 2. The fourth-order valence-corrected chi connectivity index (χ4v) is 2.49. The number of aromatic amines is 1. The van der Waals surface area contributed by atoms with E-state index in [9.17, 15) is 0 Å². The molecular formula is C14H20N4O. The summed E-state index contributed by atoms with van der Waals surface area (Å²) in [6.07, 6.45) is 0.281. The van der Waals surface area contributed by atoms with E-state index in [-0.39, 0.29) is 6.10 Å². The average molecular weight is 260 g/mol. The third-order valence-electron chi connectivity index (χ3n) is 3.38. The number of hydrogen-bond acceptors (Lipinski definition) is 4. The molecule has 102 valence electrons. The SMILES string of the molecule is CN(Cc1nc2ccccc2[nH]1)CC1CNCCO1. The number of imidazole rings is 1. The van der Waals surface area contributed by atoms with Crippen molar-refractivity contribution in [2.75, 3.05) is 33.3 Å². The number of nitrogens with zero attached hydrogens (tertiary/aromatic N) is 2. The van der Waals surface area contributed by atoms with E-state index in [0.717, 1.165) is 49.6 Å². The number of H-pyrrole nitrogens is 1. The predicted octanol–water partition coefficient (Wildman–Crippen LogP) is 0.983. The second-order valence-electron chi connectivity index (χ2n) is 5.09. The summed E-state index contributed by atoms with van der Waals surface area (Å²) in [6, 6.07) is 8.12. The number of nitrogens with one attached hydrogen (secondary N) is 2. The monoisotopic (exact) mass is 260 g/mol. The van der Waals surface area contributed by atoms with Crippen LogP contribution in [0.5, 0.6) is 0 Å². The van der Waals surface area contributed by atoms with Gasteiger partial charge in [0, 0.05) is 19.6 Å². The largest absolute Gasteiger partial charge is 0.374 e. The van der Waals surface area contributed by atoms with Gasteiger partial charge in [0.25, 0.3) is 0 Å². The van der Waals surface area contributed by atoms with Gasteiger partial charge in [0.15, 0.2) is 0 Å². The third kappa shape index (κ3) is 3.12. The molecular weight excluding hydrogens is 240 g/mol. The number of likely N-dealkylation sites (N-methyl/N-ethyl adjacent to an activating group) is 1. The molecule has 19 heavy (non-hydrogen) atoms. The quantitative estimate of drug-likeness (QED) is 0.860. The smallest absolute Gasteiger partial charge is 0.121 e. The maximum Gasteiger partial charge on any atom is 0.121 e. The molecule has 5 heteroatoms. The molecule has 3 rings (SSSR count). The number of hydrogen-bond donors (Lipinski definition) is 2. The number of aromatic nitrogens is 2. The molecule has 0 aliphatic carbocycles. The molecule has 1 saturated heterocycles. The maximum absolute atomic E-state index is 5.71. The molecule has 1 fully saturated rings. The second kappa shape index (κ2) is 5.69. The molecule has 0 amide bonds. The third-order valence-corrected chi connectivity index (χ3v) is 3.38. The van der Waals surface area contributed by atoms with Gasteiger partial charge in [-0.25, -0.2) is 4.98 Å². The van der Waals surface area contributed by atoms with Crippen LogP contribution in [0.15, 0.2) is 24.3 Å². The maximum atomic E-state index is 5.71. The van der Waals surface area contributed by atoms with E-state index in [2.05, 4.69) is 33.3 Å². The van der Waals surface area contributed by atoms with Gasteiger partial charge >= 0.3 is 0 Å². The summed E-state index contributed by atoms with van der Waals surface area (Å²) in [5.74, 6) is 1.01. The Morgan fingerprint density at radius 1 is 1.42 bits per heavy atom. The minimum atomic E-state index is 0.281. The summed E-state index contributed by atoms with van der Waals surface area (Å²) in [4.78, 5) is 10.2. The van der Waals surface area contributed by atoms with Crippen LogP contribution < -0.4 is 5.32 Å². The van der Waals surface area contributed by atoms with Crippen LogP contribution >= 0.6 is 0 Å². The summed E-state index contributed by atoms with van der Waals surface area (Å²) in [5, 5.41) is 3.35. The van der Waals surface area contributed by atoms with Gasteiger partial charge in [-0.15, -0.1) is 0 Å². The number of rotatable bonds is 4. The lowest BCUT2D eigenvalue weighted by atomic mass is 10.3. The Morgan fingerprint density at radius 2 is 2.32 bits per heavy atom. The Hall–Kier alpha value is -1.43. The van der Waals surface area contributed by atoms with Gasteiger partial charge in [-0.1, -0.05) is 12.1 Å². The van der Waals surface area contributed by atoms with Crippen molar-refractivity contribution in [2.45, 2.75) is 12.6 Å². The molecule has 1 aromatic heterocycles. The first-order valence-corrected chi connectivity index (χ1v) is 6.76. The highest BCUT2D eigenvalue weighted by Crippen LogP contribution is 2.11. The normalized spacial score (nSPS) is 20.2. The Bertz CT molecular complexity index is 500. The van der Waals surface area contributed by atoms with Gasteiger partial charge in [-0.2, -0.15) is 0 Å². The van der Waals surface area contributed by atoms with Crippen LogP contribution in [-0.4, -0.2) is 54.3 Å². The van der Waals surface area contributed by atoms with E-state index in [1.165, 1.54) is 0 Å². The van der Waals surface area contributed by atoms with Gasteiger partial charge in [0.2, 0.25) is 0 Å². The second-order valence-corrected chi connectivity index (χ2v) is 5.09. The summed E-state index contributed by atoms with van der Waals surface area (Å²) in [5.41, 5.74) is 2.13. The highest BCUT2D eigenvalue weighted by Gasteiger charge is 2.16. The van der Waals surface area contributed by atoms with Crippen LogP contribution in [0.4, 0.5) is 0 Å². The number of ether oxygens (including phenoxy) is 1. The first-order valence-electron chi connectivity index (χ1n) is 6.76. The number of benzene rings is 1. The van der Waals surface area contributed by atoms with Crippen LogP contribution in [0.25, 0.3) is 11.0 Å². The van der Waals surface area contributed by atoms with E-state index < -0.39 is 0 Å². The van der Waals surface area contributed by atoms with Gasteiger partial charge in [0.1, 0.15) is 5.82 Å². The van der Waals surface area contributed by atoms with Crippen LogP contribution in [-0.2, 0) is 11.3 Å². The minimum Gasteiger partial charge on any atom is -0.374 e. The lowest BCUT2D eigenvalue weighted by molar-refractivity contribution is 0.00854. The fourth-order valence-electron chi connectivity index (χ4n) is 2.49. The van der Waals surface area contributed by atoms with Gasteiger partial charge < -0.3 is 15.0 Å². The van der Waals surface area contributed by atoms with Gasteiger partial charge in [-0.3, -0.25) is 4.90 Å². The molecule has 5 nitrogen and oxygen atoms in total. The van der Waals surface area contributed by atoms with Crippen molar-refractivity contribution in [1.29, 1.82) is 0 Å². The first-order chi connectivity index (χ1) is 9.31. The molecule has 2 aromatic rings. The predicted molar refractivity (Wildman–Crippen MR) is 75.0 cm³/mol. The van der Waals surface area contributed by atoms with Crippen molar-refractivity contribution in [3.8, 4) is 0 Å². The number of morpholine rings is 1. The highest BCUT2D eigenvalue weighted by atomic mass is 16.5. The lowest BCUT2D eigenvalue weighted by Crippen LogP contribution is -2.44. The Kier molecular flexibility index (Phi) is 3.77. The molecule has 1 aromatic carbocycles. The fraction of sp³-hybridized carbons (Fsp3) is 0.500. The van der Waals surface area contributed by atoms with Crippen LogP contribution in [0.1, 0.15) is 5.82 Å². The molecule has 2 N–H and O–H groups in total. The van der Waals surface area contributed by atoms with Crippen LogP contribution in [0.3, 0.4) is 0 Å². The average Bonchev–Trinajstić information content (AvgIpc) is 2.81. The van der Waals surface area contributed by atoms with Gasteiger partial charge in [-0.05, 0) is 19.2 Å². The van der Waals surface area contributed by atoms with E-state index in [1.807, 2.05) is 18.2 Å². The van der Waals surface area contributed by atoms with Crippen LogP contribution in [0, 0.1) is 0 Å². The van der Waals surface area contributed by atoms with Crippen LogP contribution in [0.2, 0.25) is 0 Å².